The predicted octanol–water partition coefficient (Wildman–Crippen LogP) is 1.75. The molecule has 0 bridgehead atoms. The third-order valence-electron chi connectivity index (χ3n) is 5.80. The molecule has 1 aromatic heterocycles. The van der Waals surface area contributed by atoms with Crippen molar-refractivity contribution in [3.8, 4) is 0 Å². The molecule has 2 aromatic rings. The molecule has 1 fully saturated rings. The van der Waals surface area contributed by atoms with Gasteiger partial charge in [-0.3, -0.25) is 24.2 Å². The van der Waals surface area contributed by atoms with Crippen LogP contribution in [0.3, 0.4) is 0 Å². The molecule has 33 heavy (non-hydrogen) atoms. The van der Waals surface area contributed by atoms with Gasteiger partial charge in [-0.25, -0.2) is 4.39 Å². The molecule has 4 rings (SSSR count). The Bertz CT molecular complexity index is 1140. The van der Waals surface area contributed by atoms with E-state index in [1.54, 1.807) is 13.0 Å². The number of nitrogens with one attached hydrogen (secondary N) is 3. The van der Waals surface area contributed by atoms with Crippen molar-refractivity contribution in [2.45, 2.75) is 32.1 Å². The predicted molar refractivity (Wildman–Crippen MR) is 117 cm³/mol. The quantitative estimate of drug-likeness (QED) is 0.583. The molecule has 1 saturated heterocycles. The molecule has 0 radical (unpaired) electrons. The SMILES string of the molecule is CCOC(=O)C1CCN(c2nc3c(c(=O)[nH]2)[C@H](C(=O)Nc2ccccc2F)CC(=O)N3)CC1. The lowest BCUT2D eigenvalue weighted by atomic mass is 9.92. The molecule has 3 N–H and O–H groups in total. The number of hydrogen-bond donors (Lipinski definition) is 3. The van der Waals surface area contributed by atoms with Crippen molar-refractivity contribution in [2.24, 2.45) is 5.92 Å². The number of fused-ring (bicyclic) bond motifs is 1. The van der Waals surface area contributed by atoms with E-state index in [0.717, 1.165) is 0 Å². The fraction of sp³-hybridized carbons (Fsp3) is 0.409. The number of esters is 1. The first-order valence-electron chi connectivity index (χ1n) is 10.8. The Labute approximate surface area is 188 Å². The van der Waals surface area contributed by atoms with Crippen LogP contribution in [0, 0.1) is 11.7 Å². The number of rotatable bonds is 5. The lowest BCUT2D eigenvalue weighted by molar-refractivity contribution is -0.148. The number of aromatic amines is 1. The van der Waals surface area contributed by atoms with Crippen LogP contribution in [-0.4, -0.2) is 47.4 Å². The molecule has 3 heterocycles. The Morgan fingerprint density at radius 3 is 2.67 bits per heavy atom. The minimum atomic E-state index is -1.12. The van der Waals surface area contributed by atoms with E-state index in [1.807, 2.05) is 4.90 Å². The van der Waals surface area contributed by atoms with Gasteiger partial charge in [-0.2, -0.15) is 4.98 Å². The summed E-state index contributed by atoms with van der Waals surface area (Å²) >= 11 is 0. The highest BCUT2D eigenvalue weighted by atomic mass is 19.1. The third-order valence-corrected chi connectivity index (χ3v) is 5.80. The molecular formula is C22H24FN5O5. The number of halogens is 1. The van der Waals surface area contributed by atoms with E-state index < -0.39 is 29.1 Å². The van der Waals surface area contributed by atoms with Gasteiger partial charge in [0.2, 0.25) is 17.8 Å². The molecule has 174 valence electrons. The summed E-state index contributed by atoms with van der Waals surface area (Å²) < 4.78 is 19.0. The first-order chi connectivity index (χ1) is 15.9. The standard InChI is InChI=1S/C22H24FN5O5/c1-2-33-21(32)12-7-9-28(10-8-12)22-26-18-17(20(31)27-22)13(11-16(29)25-18)19(30)24-15-6-4-3-5-14(15)23/h3-6,12-13H,2,7-11H2,1H3,(H,24,30)(H2,25,26,27,29,31)/t13-/m1/s1. The number of H-pyrrole nitrogens is 1. The number of carbonyl (C=O) groups excluding carboxylic acids is 3. The fourth-order valence-corrected chi connectivity index (χ4v) is 4.10. The smallest absolute Gasteiger partial charge is 0.309 e. The van der Waals surface area contributed by atoms with E-state index in [4.69, 9.17) is 4.74 Å². The van der Waals surface area contributed by atoms with Gasteiger partial charge >= 0.3 is 5.97 Å². The van der Waals surface area contributed by atoms with Crippen LogP contribution in [0.1, 0.15) is 37.7 Å². The lowest BCUT2D eigenvalue weighted by Crippen LogP contribution is -2.41. The Hall–Kier alpha value is -3.76. The van der Waals surface area contributed by atoms with Gasteiger partial charge < -0.3 is 20.3 Å². The summed E-state index contributed by atoms with van der Waals surface area (Å²) in [5.41, 5.74) is -0.578. The molecular weight excluding hydrogens is 433 g/mol. The Balaban J connectivity index is 1.55. The van der Waals surface area contributed by atoms with Crippen LogP contribution >= 0.6 is 0 Å². The van der Waals surface area contributed by atoms with E-state index in [9.17, 15) is 23.6 Å². The summed E-state index contributed by atoms with van der Waals surface area (Å²) in [4.78, 5) is 58.8. The van der Waals surface area contributed by atoms with E-state index in [2.05, 4.69) is 20.6 Å². The number of piperidine rings is 1. The molecule has 0 aliphatic carbocycles. The normalized spacial score (nSPS) is 18.3. The maximum absolute atomic E-state index is 13.9. The molecule has 2 aliphatic rings. The Morgan fingerprint density at radius 1 is 1.24 bits per heavy atom. The van der Waals surface area contributed by atoms with E-state index in [-0.39, 0.29) is 41.3 Å². The number of nitrogens with zero attached hydrogens (tertiary/aromatic N) is 2. The van der Waals surface area contributed by atoms with Crippen molar-refractivity contribution in [1.82, 2.24) is 9.97 Å². The van der Waals surface area contributed by atoms with Crippen molar-refractivity contribution in [1.29, 1.82) is 0 Å². The molecule has 11 heteroatoms. The van der Waals surface area contributed by atoms with Gasteiger partial charge in [0.1, 0.15) is 11.6 Å². The van der Waals surface area contributed by atoms with Gasteiger partial charge in [0.25, 0.3) is 5.56 Å². The molecule has 0 saturated carbocycles. The van der Waals surface area contributed by atoms with Gasteiger partial charge in [0.15, 0.2) is 0 Å². The monoisotopic (exact) mass is 457 g/mol. The van der Waals surface area contributed by atoms with Crippen LogP contribution < -0.4 is 21.1 Å². The zero-order valence-corrected chi connectivity index (χ0v) is 18.0. The molecule has 1 aromatic carbocycles. The summed E-state index contributed by atoms with van der Waals surface area (Å²) in [6.07, 6.45) is 0.821. The van der Waals surface area contributed by atoms with Crippen LogP contribution in [0.4, 0.5) is 21.8 Å². The van der Waals surface area contributed by atoms with Gasteiger partial charge in [0, 0.05) is 19.5 Å². The molecule has 2 amide bonds. The second kappa shape index (κ2) is 9.39. The van der Waals surface area contributed by atoms with Gasteiger partial charge in [0.05, 0.1) is 29.7 Å². The number of ether oxygens (including phenoxy) is 1. The maximum atomic E-state index is 13.9. The lowest BCUT2D eigenvalue weighted by Gasteiger charge is -2.32. The maximum Gasteiger partial charge on any atom is 0.309 e. The molecule has 10 nitrogen and oxygen atoms in total. The highest BCUT2D eigenvalue weighted by Crippen LogP contribution is 2.31. The van der Waals surface area contributed by atoms with Crippen LogP contribution in [0.15, 0.2) is 29.1 Å². The zero-order chi connectivity index (χ0) is 23.5. The number of amides is 2. The van der Waals surface area contributed by atoms with Crippen LogP contribution in [-0.2, 0) is 19.1 Å². The third kappa shape index (κ3) is 4.71. The summed E-state index contributed by atoms with van der Waals surface area (Å²) in [5.74, 6) is -3.08. The highest BCUT2D eigenvalue weighted by Gasteiger charge is 2.36. The topological polar surface area (TPSA) is 133 Å². The van der Waals surface area contributed by atoms with Crippen LogP contribution in [0.5, 0.6) is 0 Å². The average molecular weight is 457 g/mol. The van der Waals surface area contributed by atoms with E-state index in [0.29, 0.717) is 32.5 Å². The minimum Gasteiger partial charge on any atom is -0.466 e. The number of para-hydroxylation sites is 1. The first kappa shape index (κ1) is 22.4. The molecule has 0 spiro atoms. The summed E-state index contributed by atoms with van der Waals surface area (Å²) in [6, 6.07) is 5.64. The summed E-state index contributed by atoms with van der Waals surface area (Å²) in [5, 5.41) is 5.00. The largest absolute Gasteiger partial charge is 0.466 e. The zero-order valence-electron chi connectivity index (χ0n) is 18.0. The number of benzene rings is 1. The minimum absolute atomic E-state index is 0.00574. The van der Waals surface area contributed by atoms with Crippen molar-refractivity contribution >= 4 is 35.2 Å². The fourth-order valence-electron chi connectivity index (χ4n) is 4.10. The average Bonchev–Trinajstić information content (AvgIpc) is 2.80. The summed E-state index contributed by atoms with van der Waals surface area (Å²) in [6.45, 7) is 3.02. The van der Waals surface area contributed by atoms with Gasteiger partial charge in [-0.05, 0) is 31.9 Å². The Morgan fingerprint density at radius 2 is 1.97 bits per heavy atom. The highest BCUT2D eigenvalue weighted by molar-refractivity contribution is 6.04. The van der Waals surface area contributed by atoms with Crippen molar-refractivity contribution in [2.75, 3.05) is 35.2 Å². The second-order valence-electron chi connectivity index (χ2n) is 7.94. The van der Waals surface area contributed by atoms with Crippen molar-refractivity contribution < 1.29 is 23.5 Å². The van der Waals surface area contributed by atoms with Gasteiger partial charge in [-0.1, -0.05) is 12.1 Å². The Kier molecular flexibility index (Phi) is 6.38. The first-order valence-corrected chi connectivity index (χ1v) is 10.8. The van der Waals surface area contributed by atoms with Gasteiger partial charge in [-0.15, -0.1) is 0 Å². The van der Waals surface area contributed by atoms with Crippen LogP contribution in [0.2, 0.25) is 0 Å². The molecule has 1 atom stereocenters. The molecule has 0 unspecified atom stereocenters. The van der Waals surface area contributed by atoms with Crippen molar-refractivity contribution in [3.63, 3.8) is 0 Å². The summed E-state index contributed by atoms with van der Waals surface area (Å²) in [7, 11) is 0. The van der Waals surface area contributed by atoms with E-state index in [1.165, 1.54) is 18.2 Å². The number of hydrogen-bond acceptors (Lipinski definition) is 7. The second-order valence-corrected chi connectivity index (χ2v) is 7.94. The number of carbonyl (C=O) groups is 3. The number of aromatic nitrogens is 2. The van der Waals surface area contributed by atoms with Crippen LogP contribution in [0.25, 0.3) is 0 Å². The van der Waals surface area contributed by atoms with E-state index >= 15 is 0 Å². The number of anilines is 3. The van der Waals surface area contributed by atoms with Crippen molar-refractivity contribution in [3.05, 3.63) is 46.0 Å². The molecule has 2 aliphatic heterocycles.